The Morgan fingerprint density at radius 2 is 2.08 bits per heavy atom. The average molecular weight is 355 g/mol. The van der Waals surface area contributed by atoms with E-state index >= 15 is 0 Å². The summed E-state index contributed by atoms with van der Waals surface area (Å²) >= 11 is 1.18. The smallest absolute Gasteiger partial charge is 0.260 e. The lowest BCUT2D eigenvalue weighted by Gasteiger charge is -2.06. The second-order valence-electron chi connectivity index (χ2n) is 5.73. The quantitative estimate of drug-likeness (QED) is 0.543. The highest BCUT2D eigenvalue weighted by molar-refractivity contribution is 7.19. The number of nitrogens with zero attached hydrogens (tertiary/aromatic N) is 2. The lowest BCUT2D eigenvalue weighted by atomic mass is 10.1. The largest absolute Gasteiger partial charge is 0.489 e. The van der Waals surface area contributed by atoms with Crippen molar-refractivity contribution >= 4 is 28.5 Å². The maximum Gasteiger partial charge on any atom is 0.260 e. The van der Waals surface area contributed by atoms with Gasteiger partial charge in [0.1, 0.15) is 28.6 Å². The van der Waals surface area contributed by atoms with E-state index < -0.39 is 5.91 Å². The molecule has 0 aliphatic rings. The molecule has 2 heterocycles. The van der Waals surface area contributed by atoms with E-state index in [1.54, 1.807) is 11.3 Å². The minimum atomic E-state index is -0.523. The van der Waals surface area contributed by atoms with Gasteiger partial charge in [0, 0.05) is 11.3 Å². The van der Waals surface area contributed by atoms with Crippen molar-refractivity contribution in [2.75, 3.05) is 6.61 Å². The molecular formula is C18H17N3O3S. The van der Waals surface area contributed by atoms with Gasteiger partial charge in [0.05, 0.1) is 0 Å². The van der Waals surface area contributed by atoms with Crippen LogP contribution in [0, 0.1) is 6.92 Å². The van der Waals surface area contributed by atoms with E-state index in [-0.39, 0.29) is 0 Å². The fourth-order valence-corrected chi connectivity index (χ4v) is 3.52. The van der Waals surface area contributed by atoms with Gasteiger partial charge >= 0.3 is 0 Å². The molecule has 25 heavy (non-hydrogen) atoms. The summed E-state index contributed by atoms with van der Waals surface area (Å²) in [6.07, 6.45) is 0.741. The van der Waals surface area contributed by atoms with Gasteiger partial charge in [-0.1, -0.05) is 17.9 Å². The zero-order valence-electron chi connectivity index (χ0n) is 13.9. The van der Waals surface area contributed by atoms with Crippen molar-refractivity contribution in [3.05, 3.63) is 52.7 Å². The summed E-state index contributed by atoms with van der Waals surface area (Å²) < 4.78 is 7.24. The number of fused-ring (bicyclic) bond motifs is 1. The Morgan fingerprint density at radius 3 is 2.64 bits per heavy atom. The Kier molecular flexibility index (Phi) is 4.41. The second kappa shape index (κ2) is 6.52. The predicted octanol–water partition coefficient (Wildman–Crippen LogP) is 3.24. The van der Waals surface area contributed by atoms with E-state index in [0.29, 0.717) is 39.3 Å². The van der Waals surface area contributed by atoms with Crippen LogP contribution in [-0.2, 0) is 0 Å². The van der Waals surface area contributed by atoms with Gasteiger partial charge in [-0.05, 0) is 43.7 Å². The molecule has 3 aromatic rings. The summed E-state index contributed by atoms with van der Waals surface area (Å²) in [6.45, 7) is 7.89. The molecule has 6 nitrogen and oxygen atoms in total. The molecule has 0 radical (unpaired) electrons. The summed E-state index contributed by atoms with van der Waals surface area (Å²) in [7, 11) is 0. The molecule has 0 bridgehead atoms. The van der Waals surface area contributed by atoms with E-state index in [1.807, 2.05) is 31.2 Å². The van der Waals surface area contributed by atoms with Crippen molar-refractivity contribution in [2.45, 2.75) is 13.8 Å². The number of benzene rings is 1. The number of carbonyl (C=O) groups is 2. The zero-order chi connectivity index (χ0) is 18.1. The molecular weight excluding hydrogens is 338 g/mol. The summed E-state index contributed by atoms with van der Waals surface area (Å²) in [5.41, 5.74) is 8.67. The molecule has 128 valence electrons. The third-order valence-electron chi connectivity index (χ3n) is 3.69. The van der Waals surface area contributed by atoms with E-state index in [2.05, 4.69) is 11.6 Å². The monoisotopic (exact) mass is 355 g/mol. The highest BCUT2D eigenvalue weighted by atomic mass is 32.1. The number of thiazole rings is 1. The number of aldehydes is 1. The molecule has 7 heteroatoms. The first-order valence-electron chi connectivity index (χ1n) is 7.56. The van der Waals surface area contributed by atoms with Gasteiger partial charge in [0.25, 0.3) is 5.91 Å². The number of ether oxygens (including phenoxy) is 1. The van der Waals surface area contributed by atoms with E-state index in [9.17, 15) is 9.59 Å². The van der Waals surface area contributed by atoms with Gasteiger partial charge in [-0.25, -0.2) is 4.98 Å². The Labute approximate surface area is 148 Å². The summed E-state index contributed by atoms with van der Waals surface area (Å²) in [6, 6.07) is 7.33. The van der Waals surface area contributed by atoms with Crippen molar-refractivity contribution in [2.24, 2.45) is 5.73 Å². The Bertz CT molecular complexity index is 983. The van der Waals surface area contributed by atoms with Crippen LogP contribution in [-0.4, -0.2) is 28.2 Å². The van der Waals surface area contributed by atoms with Gasteiger partial charge in [-0.2, -0.15) is 0 Å². The first kappa shape index (κ1) is 16.9. The third kappa shape index (κ3) is 3.06. The average Bonchev–Trinajstić information content (AvgIpc) is 3.10. The molecule has 0 unspecified atom stereocenters. The van der Waals surface area contributed by atoms with Crippen molar-refractivity contribution < 1.29 is 14.3 Å². The van der Waals surface area contributed by atoms with E-state index in [0.717, 1.165) is 17.4 Å². The fraction of sp³-hybridized carbons (Fsp3) is 0.167. The summed E-state index contributed by atoms with van der Waals surface area (Å²) in [5.74, 6) is 0.193. The van der Waals surface area contributed by atoms with Crippen molar-refractivity contribution in [3.8, 4) is 17.0 Å². The van der Waals surface area contributed by atoms with Crippen LogP contribution < -0.4 is 10.5 Å². The molecule has 3 rings (SSSR count). The number of nitrogens with two attached hydrogens (primary N) is 1. The Hall–Kier alpha value is -2.93. The van der Waals surface area contributed by atoms with Gasteiger partial charge in [0.15, 0.2) is 11.2 Å². The number of primary amides is 1. The number of hydrogen-bond donors (Lipinski definition) is 1. The van der Waals surface area contributed by atoms with Crippen LogP contribution in [0.3, 0.4) is 0 Å². The SMILES string of the molecule is C=C(C)COc1ccc(-c2nc3sc(C(N)=O)c(C)n3c2C=O)cc1. The Balaban J connectivity index is 2.02. The molecule has 2 aromatic heterocycles. The standard InChI is InChI=1S/C18H17N3O3S/c1-10(2)9-24-13-6-4-12(5-7-13)15-14(8-22)21-11(3)16(17(19)23)25-18(21)20-15/h4-8H,1,9H2,2-3H3,(H2,19,23). The lowest BCUT2D eigenvalue weighted by molar-refractivity contribution is 0.100. The lowest BCUT2D eigenvalue weighted by Crippen LogP contribution is -2.11. The minimum Gasteiger partial charge on any atom is -0.489 e. The van der Waals surface area contributed by atoms with Crippen LogP contribution in [0.1, 0.15) is 32.8 Å². The molecule has 0 aliphatic heterocycles. The molecule has 0 fully saturated rings. The van der Waals surface area contributed by atoms with E-state index in [1.165, 1.54) is 11.3 Å². The van der Waals surface area contributed by atoms with Crippen molar-refractivity contribution in [1.29, 1.82) is 0 Å². The van der Waals surface area contributed by atoms with Crippen LogP contribution >= 0.6 is 11.3 Å². The molecule has 0 saturated carbocycles. The van der Waals surface area contributed by atoms with E-state index in [4.69, 9.17) is 10.5 Å². The van der Waals surface area contributed by atoms with Crippen LogP contribution in [0.4, 0.5) is 0 Å². The maximum absolute atomic E-state index is 11.6. The van der Waals surface area contributed by atoms with Gasteiger partial charge in [-0.3, -0.25) is 14.0 Å². The van der Waals surface area contributed by atoms with Crippen LogP contribution in [0.15, 0.2) is 36.4 Å². The molecule has 1 amide bonds. The maximum atomic E-state index is 11.6. The first-order valence-corrected chi connectivity index (χ1v) is 8.38. The summed E-state index contributed by atoms with van der Waals surface area (Å²) in [4.78, 5) is 28.6. The molecule has 2 N–H and O–H groups in total. The van der Waals surface area contributed by atoms with Gasteiger partial charge in [0.2, 0.25) is 0 Å². The number of aromatic nitrogens is 2. The van der Waals surface area contributed by atoms with Crippen LogP contribution in [0.2, 0.25) is 0 Å². The number of aryl methyl sites for hydroxylation is 1. The third-order valence-corrected chi connectivity index (χ3v) is 4.85. The van der Waals surface area contributed by atoms with Gasteiger partial charge < -0.3 is 10.5 Å². The predicted molar refractivity (Wildman–Crippen MR) is 97.5 cm³/mol. The minimum absolute atomic E-state index is 0.395. The number of imidazole rings is 1. The van der Waals surface area contributed by atoms with Crippen LogP contribution in [0.5, 0.6) is 5.75 Å². The van der Waals surface area contributed by atoms with Crippen molar-refractivity contribution in [1.82, 2.24) is 9.38 Å². The zero-order valence-corrected chi connectivity index (χ0v) is 14.7. The number of hydrogen-bond acceptors (Lipinski definition) is 5. The number of carbonyl (C=O) groups excluding carboxylic acids is 2. The molecule has 0 atom stereocenters. The van der Waals surface area contributed by atoms with Gasteiger partial charge in [-0.15, -0.1) is 0 Å². The Morgan fingerprint density at radius 1 is 1.40 bits per heavy atom. The number of rotatable bonds is 6. The molecule has 0 saturated heterocycles. The van der Waals surface area contributed by atoms with Crippen LogP contribution in [0.25, 0.3) is 16.2 Å². The number of amides is 1. The highest BCUT2D eigenvalue weighted by Gasteiger charge is 2.21. The first-order chi connectivity index (χ1) is 11.9. The fourth-order valence-electron chi connectivity index (χ4n) is 2.54. The molecule has 1 aromatic carbocycles. The van der Waals surface area contributed by atoms with Crippen molar-refractivity contribution in [3.63, 3.8) is 0 Å². The highest BCUT2D eigenvalue weighted by Crippen LogP contribution is 2.31. The molecule has 0 spiro atoms. The normalized spacial score (nSPS) is 10.8. The second-order valence-corrected chi connectivity index (χ2v) is 6.71. The molecule has 0 aliphatic carbocycles. The topological polar surface area (TPSA) is 86.7 Å². The summed E-state index contributed by atoms with van der Waals surface area (Å²) in [5, 5.41) is 0.